The molecule has 18 heavy (non-hydrogen) atoms. The van der Waals surface area contributed by atoms with Crippen LogP contribution in [0.2, 0.25) is 0 Å². The van der Waals surface area contributed by atoms with Gasteiger partial charge in [0.2, 0.25) is 0 Å². The Labute approximate surface area is 115 Å². The number of ether oxygens (including phenoxy) is 1. The molecule has 100 valence electrons. The number of halogens is 1. The number of anilines is 1. The van der Waals surface area contributed by atoms with Gasteiger partial charge < -0.3 is 15.2 Å². The van der Waals surface area contributed by atoms with Crippen molar-refractivity contribution in [1.29, 1.82) is 0 Å². The van der Waals surface area contributed by atoms with Gasteiger partial charge in [0, 0.05) is 23.8 Å². The molecule has 1 unspecified atom stereocenters. The largest absolute Gasteiger partial charge is 0.394 e. The second-order valence-corrected chi connectivity index (χ2v) is 5.49. The van der Waals surface area contributed by atoms with E-state index in [1.54, 1.807) is 6.20 Å². The Hall–Kier alpha value is -0.690. The Morgan fingerprint density at radius 3 is 3.17 bits per heavy atom. The van der Waals surface area contributed by atoms with Gasteiger partial charge in [0.25, 0.3) is 0 Å². The number of pyridine rings is 1. The predicted octanol–water partition coefficient (Wildman–Crippen LogP) is 0.949. The van der Waals surface area contributed by atoms with Gasteiger partial charge in [-0.1, -0.05) is 15.9 Å². The van der Waals surface area contributed by atoms with Crippen molar-refractivity contribution in [3.63, 3.8) is 0 Å². The van der Waals surface area contributed by atoms with Crippen molar-refractivity contribution in [3.05, 3.63) is 22.8 Å². The van der Waals surface area contributed by atoms with Crippen LogP contribution in [0.25, 0.3) is 0 Å². The summed E-state index contributed by atoms with van der Waals surface area (Å²) in [6.45, 7) is 2.73. The first-order valence-corrected chi connectivity index (χ1v) is 6.71. The van der Waals surface area contributed by atoms with E-state index < -0.39 is 0 Å². The minimum Gasteiger partial charge on any atom is -0.394 e. The molecule has 0 amide bonds. The highest BCUT2D eigenvalue weighted by Crippen LogP contribution is 2.20. The van der Waals surface area contributed by atoms with E-state index in [9.17, 15) is 5.11 Å². The molecule has 0 saturated carbocycles. The van der Waals surface area contributed by atoms with E-state index in [0.29, 0.717) is 19.8 Å². The Kier molecular flexibility index (Phi) is 4.55. The molecule has 2 N–H and O–H groups in total. The van der Waals surface area contributed by atoms with Crippen molar-refractivity contribution in [2.24, 2.45) is 0 Å². The summed E-state index contributed by atoms with van der Waals surface area (Å²) >= 11 is 3.41. The maximum atomic E-state index is 9.65. The van der Waals surface area contributed by atoms with E-state index in [0.717, 1.165) is 16.8 Å². The summed E-state index contributed by atoms with van der Waals surface area (Å²) < 4.78 is 6.47. The SMILES string of the molecule is CN1CCOCC1(CO)CNc1cc(Br)ccn1. The Morgan fingerprint density at radius 2 is 2.50 bits per heavy atom. The summed E-state index contributed by atoms with van der Waals surface area (Å²) in [4.78, 5) is 6.37. The van der Waals surface area contributed by atoms with Crippen molar-refractivity contribution in [3.8, 4) is 0 Å². The molecule has 0 aliphatic carbocycles. The number of rotatable bonds is 4. The number of aromatic nitrogens is 1. The van der Waals surface area contributed by atoms with Crippen LogP contribution in [0.3, 0.4) is 0 Å². The summed E-state index contributed by atoms with van der Waals surface area (Å²) in [6.07, 6.45) is 1.74. The molecule has 1 atom stereocenters. The fourth-order valence-electron chi connectivity index (χ4n) is 1.98. The first-order chi connectivity index (χ1) is 8.66. The quantitative estimate of drug-likeness (QED) is 0.866. The van der Waals surface area contributed by atoms with Gasteiger partial charge in [0.15, 0.2) is 0 Å². The lowest BCUT2D eigenvalue weighted by molar-refractivity contribution is -0.0726. The lowest BCUT2D eigenvalue weighted by atomic mass is 9.98. The van der Waals surface area contributed by atoms with Crippen molar-refractivity contribution in [2.45, 2.75) is 5.54 Å². The van der Waals surface area contributed by atoms with Crippen molar-refractivity contribution in [2.75, 3.05) is 45.3 Å². The average molecular weight is 316 g/mol. The molecule has 1 saturated heterocycles. The van der Waals surface area contributed by atoms with Gasteiger partial charge in [0.05, 0.1) is 25.4 Å². The lowest BCUT2D eigenvalue weighted by Crippen LogP contribution is -2.61. The fourth-order valence-corrected chi connectivity index (χ4v) is 2.31. The summed E-state index contributed by atoms with van der Waals surface area (Å²) in [7, 11) is 2.01. The summed E-state index contributed by atoms with van der Waals surface area (Å²) in [6, 6.07) is 3.79. The van der Waals surface area contributed by atoms with Crippen molar-refractivity contribution < 1.29 is 9.84 Å². The maximum absolute atomic E-state index is 9.65. The normalized spacial score (nSPS) is 25.1. The molecular weight excluding hydrogens is 298 g/mol. The zero-order valence-corrected chi connectivity index (χ0v) is 12.0. The Bertz CT molecular complexity index is 405. The van der Waals surface area contributed by atoms with E-state index in [1.165, 1.54) is 0 Å². The third-order valence-corrected chi connectivity index (χ3v) is 3.86. The molecule has 1 fully saturated rings. The number of aliphatic hydroxyl groups excluding tert-OH is 1. The molecule has 0 spiro atoms. The molecule has 1 aromatic heterocycles. The first-order valence-electron chi connectivity index (χ1n) is 5.91. The van der Waals surface area contributed by atoms with Gasteiger partial charge in [-0.25, -0.2) is 4.98 Å². The van der Waals surface area contributed by atoms with E-state index >= 15 is 0 Å². The zero-order chi connectivity index (χ0) is 13.0. The smallest absolute Gasteiger partial charge is 0.127 e. The molecule has 1 aliphatic rings. The lowest BCUT2D eigenvalue weighted by Gasteiger charge is -2.43. The van der Waals surface area contributed by atoms with Crippen LogP contribution in [-0.4, -0.2) is 60.5 Å². The van der Waals surface area contributed by atoms with E-state index in [1.807, 2.05) is 19.2 Å². The Balaban J connectivity index is 2.02. The van der Waals surface area contributed by atoms with Crippen LogP contribution in [-0.2, 0) is 4.74 Å². The van der Waals surface area contributed by atoms with Crippen LogP contribution in [0.5, 0.6) is 0 Å². The second kappa shape index (κ2) is 5.97. The predicted molar refractivity (Wildman–Crippen MR) is 73.7 cm³/mol. The van der Waals surface area contributed by atoms with Gasteiger partial charge in [0.1, 0.15) is 5.82 Å². The number of aliphatic hydroxyl groups is 1. The molecule has 2 heterocycles. The number of hydrogen-bond donors (Lipinski definition) is 2. The molecule has 0 bridgehead atoms. The molecular formula is C12H18BrN3O2. The molecule has 0 radical (unpaired) electrons. The summed E-state index contributed by atoms with van der Waals surface area (Å²) in [5, 5.41) is 12.9. The third kappa shape index (κ3) is 3.00. The molecule has 1 aromatic rings. The summed E-state index contributed by atoms with van der Waals surface area (Å²) in [5.74, 6) is 0.788. The molecule has 0 aromatic carbocycles. The van der Waals surface area contributed by atoms with Gasteiger partial charge in [-0.05, 0) is 19.2 Å². The molecule has 5 nitrogen and oxygen atoms in total. The van der Waals surface area contributed by atoms with Gasteiger partial charge in [-0.3, -0.25) is 4.90 Å². The highest BCUT2D eigenvalue weighted by molar-refractivity contribution is 9.10. The number of nitrogens with one attached hydrogen (secondary N) is 1. The summed E-state index contributed by atoms with van der Waals surface area (Å²) in [5.41, 5.74) is -0.373. The number of hydrogen-bond acceptors (Lipinski definition) is 5. The van der Waals surface area contributed by atoms with Crippen LogP contribution in [0.15, 0.2) is 22.8 Å². The monoisotopic (exact) mass is 315 g/mol. The molecule has 2 rings (SSSR count). The van der Waals surface area contributed by atoms with Crippen LogP contribution < -0.4 is 5.32 Å². The number of likely N-dealkylation sites (N-methyl/N-ethyl adjacent to an activating group) is 1. The van der Waals surface area contributed by atoms with Crippen LogP contribution in [0.4, 0.5) is 5.82 Å². The van der Waals surface area contributed by atoms with Crippen molar-refractivity contribution >= 4 is 21.7 Å². The van der Waals surface area contributed by atoms with Crippen LogP contribution in [0.1, 0.15) is 0 Å². The zero-order valence-electron chi connectivity index (χ0n) is 10.4. The highest BCUT2D eigenvalue weighted by Gasteiger charge is 2.37. The van der Waals surface area contributed by atoms with E-state index in [2.05, 4.69) is 31.1 Å². The maximum Gasteiger partial charge on any atom is 0.127 e. The van der Waals surface area contributed by atoms with E-state index in [-0.39, 0.29) is 12.1 Å². The second-order valence-electron chi connectivity index (χ2n) is 4.57. The highest BCUT2D eigenvalue weighted by atomic mass is 79.9. The topological polar surface area (TPSA) is 57.6 Å². The van der Waals surface area contributed by atoms with Gasteiger partial charge in [-0.15, -0.1) is 0 Å². The van der Waals surface area contributed by atoms with Crippen LogP contribution in [0, 0.1) is 0 Å². The molecule has 6 heteroatoms. The number of morpholine rings is 1. The van der Waals surface area contributed by atoms with E-state index in [4.69, 9.17) is 4.74 Å². The first kappa shape index (κ1) is 13.7. The van der Waals surface area contributed by atoms with Crippen LogP contribution >= 0.6 is 15.9 Å². The standard InChI is InChI=1S/C12H18BrN3O2/c1-16-4-5-18-9-12(16,8-17)7-15-11-6-10(13)2-3-14-11/h2-3,6,17H,4-5,7-9H2,1H3,(H,14,15). The minimum absolute atomic E-state index is 0.0600. The molecule has 1 aliphatic heterocycles. The Morgan fingerprint density at radius 1 is 1.67 bits per heavy atom. The minimum atomic E-state index is -0.373. The van der Waals surface area contributed by atoms with Crippen molar-refractivity contribution in [1.82, 2.24) is 9.88 Å². The van der Waals surface area contributed by atoms with Gasteiger partial charge >= 0.3 is 0 Å². The third-order valence-electron chi connectivity index (χ3n) is 3.37. The van der Waals surface area contributed by atoms with Gasteiger partial charge in [-0.2, -0.15) is 0 Å². The number of nitrogens with zero attached hydrogens (tertiary/aromatic N) is 2. The fraction of sp³-hybridized carbons (Fsp3) is 0.583. The average Bonchev–Trinajstić information content (AvgIpc) is 2.38.